The number of aromatic nitrogens is 2. The van der Waals surface area contributed by atoms with Crippen LogP contribution in [-0.2, 0) is 16.4 Å². The Bertz CT molecular complexity index is 1130. The maximum atomic E-state index is 13.5. The highest BCUT2D eigenvalue weighted by Crippen LogP contribution is 2.29. The largest absolute Gasteiger partial charge is 0.269 e. The van der Waals surface area contributed by atoms with Crippen LogP contribution in [0.5, 0.6) is 0 Å². The van der Waals surface area contributed by atoms with Gasteiger partial charge in [0.25, 0.3) is 10.0 Å². The summed E-state index contributed by atoms with van der Waals surface area (Å²) in [4.78, 5) is 4.39. The zero-order valence-corrected chi connectivity index (χ0v) is 18.4. The number of hydrogen-bond acceptors (Lipinski definition) is 3. The number of imidazole rings is 1. The molecule has 0 radical (unpaired) electrons. The standard InChI is InChI=1S/C23H26ClFN2O2S/c24-20-15-19(12-13-21(20)25)30(28,29)27-16-26-23-18(10-7-11-22(23)27)14-17-8-5-3-1-2-4-6-9-17/h7,10-13,15-17H,1-6,8-9,14H2. The maximum absolute atomic E-state index is 13.5. The molecule has 30 heavy (non-hydrogen) atoms. The predicted molar refractivity (Wildman–Crippen MR) is 118 cm³/mol. The summed E-state index contributed by atoms with van der Waals surface area (Å²) in [7, 11) is -3.92. The van der Waals surface area contributed by atoms with Gasteiger partial charge < -0.3 is 0 Å². The van der Waals surface area contributed by atoms with E-state index in [0.29, 0.717) is 17.0 Å². The van der Waals surface area contributed by atoms with Crippen LogP contribution in [-0.4, -0.2) is 17.4 Å². The van der Waals surface area contributed by atoms with Crippen LogP contribution >= 0.6 is 11.6 Å². The van der Waals surface area contributed by atoms with Crippen LogP contribution in [0, 0.1) is 11.7 Å². The first-order chi connectivity index (χ1) is 14.5. The van der Waals surface area contributed by atoms with Crippen LogP contribution in [0.15, 0.2) is 47.6 Å². The van der Waals surface area contributed by atoms with E-state index < -0.39 is 15.8 Å². The minimum Gasteiger partial charge on any atom is -0.235 e. The molecule has 1 aromatic heterocycles. The van der Waals surface area contributed by atoms with Crippen LogP contribution in [0.2, 0.25) is 5.02 Å². The summed E-state index contributed by atoms with van der Waals surface area (Å²) >= 11 is 5.81. The highest BCUT2D eigenvalue weighted by molar-refractivity contribution is 7.90. The smallest absolute Gasteiger partial charge is 0.235 e. The molecule has 0 N–H and O–H groups in total. The molecule has 4 nitrogen and oxygen atoms in total. The van der Waals surface area contributed by atoms with Gasteiger partial charge in [-0.3, -0.25) is 0 Å². The van der Waals surface area contributed by atoms with Gasteiger partial charge in [-0.05, 0) is 42.2 Å². The van der Waals surface area contributed by atoms with Gasteiger partial charge in [-0.1, -0.05) is 75.1 Å². The first-order valence-corrected chi connectivity index (χ1v) is 12.4. The fourth-order valence-electron chi connectivity index (χ4n) is 4.42. The van der Waals surface area contributed by atoms with Crippen molar-refractivity contribution in [1.82, 2.24) is 8.96 Å². The van der Waals surface area contributed by atoms with E-state index >= 15 is 0 Å². The quantitative estimate of drug-likeness (QED) is 0.466. The lowest BCUT2D eigenvalue weighted by Gasteiger charge is -2.16. The first kappa shape index (κ1) is 21.3. The van der Waals surface area contributed by atoms with Crippen LogP contribution in [0.3, 0.4) is 0 Å². The first-order valence-electron chi connectivity index (χ1n) is 10.6. The number of nitrogens with zero attached hydrogens (tertiary/aromatic N) is 2. The van der Waals surface area contributed by atoms with Crippen molar-refractivity contribution in [3.63, 3.8) is 0 Å². The summed E-state index contributed by atoms with van der Waals surface area (Å²) in [6, 6.07) is 9.13. The van der Waals surface area contributed by atoms with E-state index in [4.69, 9.17) is 11.6 Å². The second-order valence-corrected chi connectivity index (χ2v) is 10.4. The van der Waals surface area contributed by atoms with Crippen molar-refractivity contribution < 1.29 is 12.8 Å². The molecule has 0 spiro atoms. The second kappa shape index (κ2) is 9.06. The van der Waals surface area contributed by atoms with Crippen molar-refractivity contribution >= 4 is 32.7 Å². The zero-order chi connectivity index (χ0) is 21.1. The molecule has 0 atom stereocenters. The van der Waals surface area contributed by atoms with Gasteiger partial charge in [0.1, 0.15) is 12.1 Å². The molecular formula is C23H26ClFN2O2S. The maximum Gasteiger partial charge on any atom is 0.269 e. The summed E-state index contributed by atoms with van der Waals surface area (Å²) in [6.07, 6.45) is 12.5. The molecule has 1 aliphatic rings. The Labute approximate surface area is 182 Å². The Kier molecular flexibility index (Phi) is 6.44. The molecule has 0 saturated heterocycles. The zero-order valence-electron chi connectivity index (χ0n) is 16.9. The predicted octanol–water partition coefficient (Wildman–Crippen LogP) is 6.36. The van der Waals surface area contributed by atoms with Gasteiger partial charge in [0.15, 0.2) is 0 Å². The third kappa shape index (κ3) is 4.40. The van der Waals surface area contributed by atoms with Crippen LogP contribution in [0.1, 0.15) is 56.9 Å². The molecule has 0 amide bonds. The summed E-state index contributed by atoms with van der Waals surface area (Å²) in [6.45, 7) is 0. The average molecular weight is 449 g/mol. The van der Waals surface area contributed by atoms with Crippen LogP contribution in [0.4, 0.5) is 4.39 Å². The summed E-state index contributed by atoms with van der Waals surface area (Å²) in [5.74, 6) is -0.0465. The molecule has 1 aliphatic carbocycles. The van der Waals surface area contributed by atoms with Gasteiger partial charge in [-0.25, -0.2) is 21.8 Å². The van der Waals surface area contributed by atoms with Crippen molar-refractivity contribution in [3.8, 4) is 0 Å². The minimum atomic E-state index is -3.92. The SMILES string of the molecule is O=S(=O)(c1ccc(F)c(Cl)c1)n1cnc2c(CC3CCCCCCCC3)cccc21. The molecule has 4 rings (SSSR count). The number of fused-ring (bicyclic) bond motifs is 1. The molecule has 1 heterocycles. The molecule has 3 aromatic rings. The topological polar surface area (TPSA) is 52.0 Å². The monoisotopic (exact) mass is 448 g/mol. The van der Waals surface area contributed by atoms with E-state index in [-0.39, 0.29) is 9.92 Å². The van der Waals surface area contributed by atoms with Gasteiger partial charge in [-0.2, -0.15) is 0 Å². The van der Waals surface area contributed by atoms with Crippen molar-refractivity contribution in [1.29, 1.82) is 0 Å². The average Bonchev–Trinajstić information content (AvgIpc) is 3.21. The van der Waals surface area contributed by atoms with Gasteiger partial charge in [0.05, 0.1) is 21.0 Å². The van der Waals surface area contributed by atoms with Crippen LogP contribution in [0.25, 0.3) is 11.0 Å². The normalized spacial score (nSPS) is 16.9. The van der Waals surface area contributed by atoms with Gasteiger partial charge in [-0.15, -0.1) is 0 Å². The van der Waals surface area contributed by atoms with Crippen molar-refractivity contribution in [2.24, 2.45) is 5.92 Å². The summed E-state index contributed by atoms with van der Waals surface area (Å²) in [5, 5.41) is -0.221. The highest BCUT2D eigenvalue weighted by Gasteiger charge is 2.22. The van der Waals surface area contributed by atoms with Crippen molar-refractivity contribution in [2.75, 3.05) is 0 Å². The lowest BCUT2D eigenvalue weighted by molar-refractivity contribution is 0.426. The number of halogens is 2. The van der Waals surface area contributed by atoms with Gasteiger partial charge in [0, 0.05) is 0 Å². The molecule has 1 saturated carbocycles. The van der Waals surface area contributed by atoms with E-state index in [1.807, 2.05) is 12.1 Å². The molecule has 0 unspecified atom stereocenters. The summed E-state index contributed by atoms with van der Waals surface area (Å²) in [5.41, 5.74) is 2.34. The summed E-state index contributed by atoms with van der Waals surface area (Å²) < 4.78 is 40.9. The lowest BCUT2D eigenvalue weighted by Crippen LogP contribution is -2.12. The Balaban J connectivity index is 1.66. The van der Waals surface area contributed by atoms with Gasteiger partial charge >= 0.3 is 0 Å². The van der Waals surface area contributed by atoms with E-state index in [1.165, 1.54) is 67.7 Å². The Hall–Kier alpha value is -1.92. The number of hydrogen-bond donors (Lipinski definition) is 0. The van der Waals surface area contributed by atoms with E-state index in [9.17, 15) is 12.8 Å². The molecule has 0 bridgehead atoms. The Morgan fingerprint density at radius 2 is 1.73 bits per heavy atom. The molecule has 2 aromatic carbocycles. The fourth-order valence-corrected chi connectivity index (χ4v) is 5.97. The number of para-hydroxylation sites is 1. The third-order valence-corrected chi connectivity index (χ3v) is 8.01. The Morgan fingerprint density at radius 3 is 2.43 bits per heavy atom. The second-order valence-electron chi connectivity index (χ2n) is 8.18. The van der Waals surface area contributed by atoms with Crippen molar-refractivity contribution in [2.45, 2.75) is 62.7 Å². The molecule has 7 heteroatoms. The minimum absolute atomic E-state index is 0.0603. The van der Waals surface area contributed by atoms with Crippen LogP contribution < -0.4 is 0 Å². The molecule has 0 aliphatic heterocycles. The highest BCUT2D eigenvalue weighted by atomic mass is 35.5. The van der Waals surface area contributed by atoms with Crippen molar-refractivity contribution in [3.05, 3.63) is 59.1 Å². The fraction of sp³-hybridized carbons (Fsp3) is 0.435. The van der Waals surface area contributed by atoms with E-state index in [0.717, 1.165) is 24.1 Å². The number of benzene rings is 2. The number of rotatable bonds is 4. The third-order valence-electron chi connectivity index (χ3n) is 6.06. The molecular weight excluding hydrogens is 423 g/mol. The Morgan fingerprint density at radius 1 is 1.03 bits per heavy atom. The van der Waals surface area contributed by atoms with Gasteiger partial charge in [0.2, 0.25) is 0 Å². The molecule has 160 valence electrons. The van der Waals surface area contributed by atoms with E-state index in [2.05, 4.69) is 4.98 Å². The molecule has 1 fully saturated rings. The lowest BCUT2D eigenvalue weighted by atomic mass is 9.90. The van der Waals surface area contributed by atoms with E-state index in [1.54, 1.807) is 6.07 Å².